The summed E-state index contributed by atoms with van der Waals surface area (Å²) < 4.78 is 5.59. The number of carbonyl (C=O) groups is 1. The van der Waals surface area contributed by atoms with Crippen LogP contribution in [0.25, 0.3) is 11.1 Å². The van der Waals surface area contributed by atoms with E-state index in [4.69, 9.17) is 4.42 Å². The summed E-state index contributed by atoms with van der Waals surface area (Å²) in [7, 11) is 1.77. The molecule has 0 aliphatic rings. The fraction of sp³-hybridized carbons (Fsp3) is 0.176. The van der Waals surface area contributed by atoms with Crippen molar-refractivity contribution in [3.63, 3.8) is 0 Å². The fourth-order valence-corrected chi connectivity index (χ4v) is 2.25. The number of amides is 1. The maximum absolute atomic E-state index is 12.4. The van der Waals surface area contributed by atoms with Crippen LogP contribution in [0.4, 0.5) is 0 Å². The minimum atomic E-state index is -0.144. The molecule has 0 aliphatic heterocycles. The van der Waals surface area contributed by atoms with Crippen molar-refractivity contribution in [2.75, 3.05) is 7.05 Å². The first kappa shape index (κ1) is 13.4. The van der Waals surface area contributed by atoms with E-state index >= 15 is 0 Å². The molecule has 21 heavy (non-hydrogen) atoms. The largest absolute Gasteiger partial charge is 0.449 e. The predicted molar refractivity (Wildman–Crippen MR) is 81.0 cm³/mol. The van der Waals surface area contributed by atoms with Crippen molar-refractivity contribution >= 4 is 17.0 Å². The molecule has 2 heterocycles. The second-order valence-electron chi connectivity index (χ2n) is 5.09. The molecule has 0 unspecified atom stereocenters. The van der Waals surface area contributed by atoms with Gasteiger partial charge in [0.1, 0.15) is 5.52 Å². The first-order valence-electron chi connectivity index (χ1n) is 6.80. The molecule has 0 fully saturated rings. The van der Waals surface area contributed by atoms with Crippen LogP contribution >= 0.6 is 0 Å². The number of pyridine rings is 1. The number of hydrogen-bond acceptors (Lipinski definition) is 3. The van der Waals surface area contributed by atoms with E-state index in [1.165, 1.54) is 0 Å². The predicted octanol–water partition coefficient (Wildman–Crippen LogP) is 3.41. The third-order valence-corrected chi connectivity index (χ3v) is 3.33. The summed E-state index contributed by atoms with van der Waals surface area (Å²) in [5, 5.41) is 0. The summed E-state index contributed by atoms with van der Waals surface area (Å²) in [6.07, 6.45) is 0. The van der Waals surface area contributed by atoms with Gasteiger partial charge >= 0.3 is 0 Å². The molecule has 0 N–H and O–H groups in total. The van der Waals surface area contributed by atoms with Gasteiger partial charge < -0.3 is 9.32 Å². The maximum atomic E-state index is 12.4. The Morgan fingerprint density at radius 2 is 1.95 bits per heavy atom. The van der Waals surface area contributed by atoms with Gasteiger partial charge in [-0.15, -0.1) is 0 Å². The van der Waals surface area contributed by atoms with Crippen molar-refractivity contribution in [1.82, 2.24) is 9.88 Å². The number of hydrogen-bond donors (Lipinski definition) is 0. The van der Waals surface area contributed by atoms with E-state index in [0.717, 1.165) is 11.3 Å². The van der Waals surface area contributed by atoms with Gasteiger partial charge in [0.2, 0.25) is 0 Å². The lowest BCUT2D eigenvalue weighted by molar-refractivity contribution is 0.0756. The normalized spacial score (nSPS) is 10.8. The summed E-state index contributed by atoms with van der Waals surface area (Å²) in [4.78, 5) is 18.4. The van der Waals surface area contributed by atoms with Crippen LogP contribution in [-0.2, 0) is 6.54 Å². The maximum Gasteiger partial charge on any atom is 0.289 e. The standard InChI is InChI=1S/C17H16N2O2/c1-12-8-9-15-14(18-12)10-16(21-15)17(20)19(2)11-13-6-4-3-5-7-13/h3-10H,11H2,1-2H3. The van der Waals surface area contributed by atoms with Gasteiger partial charge in [-0.25, -0.2) is 4.98 Å². The molecule has 0 aliphatic carbocycles. The molecular weight excluding hydrogens is 264 g/mol. The highest BCUT2D eigenvalue weighted by Gasteiger charge is 2.17. The Hall–Kier alpha value is -2.62. The second-order valence-corrected chi connectivity index (χ2v) is 5.09. The minimum absolute atomic E-state index is 0.144. The number of aromatic nitrogens is 1. The van der Waals surface area contributed by atoms with Gasteiger partial charge in [0.05, 0.1) is 0 Å². The van der Waals surface area contributed by atoms with E-state index in [1.807, 2.05) is 49.4 Å². The van der Waals surface area contributed by atoms with Gasteiger partial charge in [-0.2, -0.15) is 0 Å². The second kappa shape index (κ2) is 5.40. The van der Waals surface area contributed by atoms with Crippen LogP contribution in [0.5, 0.6) is 0 Å². The molecule has 0 atom stereocenters. The first-order chi connectivity index (χ1) is 10.1. The molecule has 0 bridgehead atoms. The van der Waals surface area contributed by atoms with Gasteiger partial charge in [-0.05, 0) is 24.6 Å². The lowest BCUT2D eigenvalue weighted by atomic mass is 10.2. The monoisotopic (exact) mass is 280 g/mol. The highest BCUT2D eigenvalue weighted by Crippen LogP contribution is 2.19. The average molecular weight is 280 g/mol. The topological polar surface area (TPSA) is 46.3 Å². The van der Waals surface area contributed by atoms with E-state index in [-0.39, 0.29) is 5.91 Å². The van der Waals surface area contributed by atoms with Crippen LogP contribution in [-0.4, -0.2) is 22.8 Å². The van der Waals surface area contributed by atoms with Gasteiger partial charge in [0.15, 0.2) is 11.3 Å². The third kappa shape index (κ3) is 2.79. The molecule has 106 valence electrons. The van der Waals surface area contributed by atoms with Crippen LogP contribution < -0.4 is 0 Å². The lowest BCUT2D eigenvalue weighted by Gasteiger charge is -2.15. The van der Waals surface area contributed by atoms with Crippen LogP contribution in [0, 0.1) is 6.92 Å². The number of aryl methyl sites for hydroxylation is 1. The Labute approximate surface area is 123 Å². The lowest BCUT2D eigenvalue weighted by Crippen LogP contribution is -2.25. The quantitative estimate of drug-likeness (QED) is 0.738. The van der Waals surface area contributed by atoms with Crippen molar-refractivity contribution in [3.8, 4) is 0 Å². The van der Waals surface area contributed by atoms with Gasteiger partial charge in [0.25, 0.3) is 5.91 Å². The summed E-state index contributed by atoms with van der Waals surface area (Å²) >= 11 is 0. The van der Waals surface area contributed by atoms with Crippen LogP contribution in [0.2, 0.25) is 0 Å². The zero-order valence-electron chi connectivity index (χ0n) is 12.0. The minimum Gasteiger partial charge on any atom is -0.449 e. The van der Waals surface area contributed by atoms with Crippen LogP contribution in [0.15, 0.2) is 52.9 Å². The Balaban J connectivity index is 1.82. The van der Waals surface area contributed by atoms with Crippen molar-refractivity contribution in [2.24, 2.45) is 0 Å². The van der Waals surface area contributed by atoms with Crippen LogP contribution in [0.1, 0.15) is 21.8 Å². The summed E-state index contributed by atoms with van der Waals surface area (Å²) in [6.45, 7) is 2.46. The van der Waals surface area contributed by atoms with E-state index in [0.29, 0.717) is 23.4 Å². The van der Waals surface area contributed by atoms with Crippen molar-refractivity contribution < 1.29 is 9.21 Å². The SMILES string of the molecule is Cc1ccc2oc(C(=O)N(C)Cc3ccccc3)cc2n1. The molecule has 0 spiro atoms. The van der Waals surface area contributed by atoms with Gasteiger partial charge in [-0.1, -0.05) is 30.3 Å². The number of rotatable bonds is 3. The molecule has 1 aromatic carbocycles. The van der Waals surface area contributed by atoms with Crippen molar-refractivity contribution in [1.29, 1.82) is 0 Å². The smallest absolute Gasteiger partial charge is 0.289 e. The molecule has 4 heteroatoms. The summed E-state index contributed by atoms with van der Waals surface area (Å²) in [6, 6.07) is 15.3. The summed E-state index contributed by atoms with van der Waals surface area (Å²) in [5.41, 5.74) is 3.34. The Morgan fingerprint density at radius 3 is 2.71 bits per heavy atom. The van der Waals surface area contributed by atoms with Gasteiger partial charge in [-0.3, -0.25) is 4.79 Å². The summed E-state index contributed by atoms with van der Waals surface area (Å²) in [5.74, 6) is 0.177. The Bertz CT molecular complexity index is 778. The van der Waals surface area contributed by atoms with E-state index in [2.05, 4.69) is 4.98 Å². The molecule has 2 aromatic heterocycles. The molecular formula is C17H16N2O2. The van der Waals surface area contributed by atoms with Crippen molar-refractivity contribution in [2.45, 2.75) is 13.5 Å². The zero-order chi connectivity index (χ0) is 14.8. The molecule has 4 nitrogen and oxygen atoms in total. The van der Waals surface area contributed by atoms with E-state index in [9.17, 15) is 4.79 Å². The molecule has 0 saturated carbocycles. The number of fused-ring (bicyclic) bond motifs is 1. The number of nitrogens with zero attached hydrogens (tertiary/aromatic N) is 2. The third-order valence-electron chi connectivity index (χ3n) is 3.33. The molecule has 3 aromatic rings. The number of carbonyl (C=O) groups excluding carboxylic acids is 1. The number of benzene rings is 1. The zero-order valence-corrected chi connectivity index (χ0v) is 12.0. The van der Waals surface area contributed by atoms with Crippen LogP contribution in [0.3, 0.4) is 0 Å². The van der Waals surface area contributed by atoms with E-state index < -0.39 is 0 Å². The Morgan fingerprint density at radius 1 is 1.19 bits per heavy atom. The highest BCUT2D eigenvalue weighted by atomic mass is 16.3. The fourth-order valence-electron chi connectivity index (χ4n) is 2.25. The molecule has 3 rings (SSSR count). The molecule has 0 saturated heterocycles. The first-order valence-corrected chi connectivity index (χ1v) is 6.80. The Kier molecular flexibility index (Phi) is 3.44. The van der Waals surface area contributed by atoms with Gasteiger partial charge in [0, 0.05) is 25.4 Å². The average Bonchev–Trinajstić information content (AvgIpc) is 2.90. The highest BCUT2D eigenvalue weighted by molar-refractivity contribution is 5.95. The number of furan rings is 1. The van der Waals surface area contributed by atoms with E-state index in [1.54, 1.807) is 18.0 Å². The van der Waals surface area contributed by atoms with Crippen molar-refractivity contribution in [3.05, 3.63) is 65.5 Å². The molecule has 1 amide bonds. The molecule has 0 radical (unpaired) electrons.